The fourth-order valence-corrected chi connectivity index (χ4v) is 1.90. The summed E-state index contributed by atoms with van der Waals surface area (Å²) in [5.74, 6) is 0.785. The second-order valence-corrected chi connectivity index (χ2v) is 5.76. The lowest BCUT2D eigenvalue weighted by atomic mass is 9.87. The van der Waals surface area contributed by atoms with E-state index in [1.807, 2.05) is 6.92 Å². The molecule has 0 aromatic carbocycles. The molecule has 5 nitrogen and oxygen atoms in total. The number of aryl methyl sites for hydroxylation is 1. The van der Waals surface area contributed by atoms with Gasteiger partial charge in [0.25, 0.3) is 5.91 Å². The Labute approximate surface area is 115 Å². The molecule has 19 heavy (non-hydrogen) atoms. The fraction of sp³-hybridized carbons (Fsp3) is 0.786. The summed E-state index contributed by atoms with van der Waals surface area (Å²) in [6.45, 7) is 9.19. The minimum Gasteiger partial charge on any atom is -0.349 e. The van der Waals surface area contributed by atoms with Gasteiger partial charge in [-0.3, -0.25) is 9.89 Å². The highest BCUT2D eigenvalue weighted by Gasteiger charge is 2.20. The van der Waals surface area contributed by atoms with Crippen molar-refractivity contribution in [3.8, 4) is 0 Å². The Morgan fingerprint density at radius 2 is 2.05 bits per heavy atom. The topological polar surface area (TPSA) is 70.7 Å². The summed E-state index contributed by atoms with van der Waals surface area (Å²) in [6.07, 6.45) is 5.55. The molecule has 1 aromatic rings. The highest BCUT2D eigenvalue weighted by atomic mass is 16.2. The Morgan fingerprint density at radius 3 is 2.63 bits per heavy atom. The normalized spacial score (nSPS) is 11.6. The molecule has 0 fully saturated rings. The van der Waals surface area contributed by atoms with Crippen LogP contribution in [0.3, 0.4) is 0 Å². The highest BCUT2D eigenvalue weighted by molar-refractivity contribution is 5.90. The predicted molar refractivity (Wildman–Crippen MR) is 76.0 cm³/mol. The summed E-state index contributed by atoms with van der Waals surface area (Å²) in [7, 11) is 0. The quantitative estimate of drug-likeness (QED) is 0.711. The molecule has 108 valence electrons. The van der Waals surface area contributed by atoms with E-state index in [-0.39, 0.29) is 17.1 Å². The number of aromatic amines is 1. The van der Waals surface area contributed by atoms with Gasteiger partial charge in [0.15, 0.2) is 0 Å². The highest BCUT2D eigenvalue weighted by Crippen LogP contribution is 2.22. The van der Waals surface area contributed by atoms with E-state index >= 15 is 0 Å². The first-order chi connectivity index (χ1) is 8.98. The Kier molecular flexibility index (Phi) is 5.99. The molecule has 0 unspecified atom stereocenters. The third-order valence-corrected chi connectivity index (χ3v) is 3.25. The zero-order valence-electron chi connectivity index (χ0n) is 12.5. The van der Waals surface area contributed by atoms with Crippen LogP contribution in [0.2, 0.25) is 0 Å². The number of amides is 1. The molecule has 0 aliphatic carbocycles. The zero-order chi connectivity index (χ0) is 14.3. The maximum atomic E-state index is 11.9. The van der Waals surface area contributed by atoms with E-state index in [1.165, 1.54) is 19.3 Å². The molecule has 0 aliphatic rings. The number of carbonyl (C=O) groups excluding carboxylic acids is 1. The standard InChI is InChI=1S/C14H26N4O/c1-5-7-8-9-14(3,4)10-15-13(19)12-16-11(6-2)17-18-12/h5-10H2,1-4H3,(H,15,19)(H,16,17,18). The number of aromatic nitrogens is 3. The molecule has 2 N–H and O–H groups in total. The van der Waals surface area contributed by atoms with Gasteiger partial charge in [0.1, 0.15) is 5.82 Å². The predicted octanol–water partition coefficient (Wildman–Crippen LogP) is 2.70. The molecule has 0 aliphatic heterocycles. The monoisotopic (exact) mass is 266 g/mol. The van der Waals surface area contributed by atoms with Gasteiger partial charge in [0.2, 0.25) is 5.82 Å². The van der Waals surface area contributed by atoms with Crippen LogP contribution in [-0.2, 0) is 6.42 Å². The second-order valence-electron chi connectivity index (χ2n) is 5.76. The van der Waals surface area contributed by atoms with E-state index in [0.717, 1.165) is 18.7 Å². The number of nitrogens with zero attached hydrogens (tertiary/aromatic N) is 2. The van der Waals surface area contributed by atoms with Gasteiger partial charge >= 0.3 is 0 Å². The first-order valence-electron chi connectivity index (χ1n) is 7.18. The van der Waals surface area contributed by atoms with E-state index in [4.69, 9.17) is 0 Å². The summed E-state index contributed by atoms with van der Waals surface area (Å²) in [6, 6.07) is 0. The van der Waals surface area contributed by atoms with Crippen LogP contribution >= 0.6 is 0 Å². The van der Waals surface area contributed by atoms with Crippen LogP contribution < -0.4 is 5.32 Å². The van der Waals surface area contributed by atoms with Crippen LogP contribution in [0.4, 0.5) is 0 Å². The maximum Gasteiger partial charge on any atom is 0.290 e. The fourth-order valence-electron chi connectivity index (χ4n) is 1.90. The van der Waals surface area contributed by atoms with Crippen LogP contribution in [0.5, 0.6) is 0 Å². The summed E-state index contributed by atoms with van der Waals surface area (Å²) in [5.41, 5.74) is 0.120. The smallest absolute Gasteiger partial charge is 0.290 e. The van der Waals surface area contributed by atoms with Crippen molar-refractivity contribution in [2.75, 3.05) is 6.54 Å². The average Bonchev–Trinajstić information content (AvgIpc) is 2.85. The van der Waals surface area contributed by atoms with Gasteiger partial charge in [-0.1, -0.05) is 47.0 Å². The molecular weight excluding hydrogens is 240 g/mol. The summed E-state index contributed by atoms with van der Waals surface area (Å²) in [5, 5.41) is 9.59. The molecule has 5 heteroatoms. The van der Waals surface area contributed by atoms with Gasteiger partial charge in [-0.15, -0.1) is 5.10 Å². The summed E-state index contributed by atoms with van der Waals surface area (Å²) < 4.78 is 0. The third-order valence-electron chi connectivity index (χ3n) is 3.25. The molecule has 1 amide bonds. The summed E-state index contributed by atoms with van der Waals surface area (Å²) in [4.78, 5) is 16.0. The van der Waals surface area contributed by atoms with Crippen LogP contribution in [0.1, 0.15) is 69.8 Å². The number of hydrogen-bond acceptors (Lipinski definition) is 3. The number of carbonyl (C=O) groups is 1. The van der Waals surface area contributed by atoms with Crippen molar-refractivity contribution in [1.82, 2.24) is 20.5 Å². The van der Waals surface area contributed by atoms with Crippen molar-refractivity contribution in [2.24, 2.45) is 5.41 Å². The van der Waals surface area contributed by atoms with E-state index in [9.17, 15) is 4.79 Å². The van der Waals surface area contributed by atoms with E-state index < -0.39 is 0 Å². The number of H-pyrrole nitrogens is 1. The van der Waals surface area contributed by atoms with Crippen molar-refractivity contribution >= 4 is 5.91 Å². The zero-order valence-corrected chi connectivity index (χ0v) is 12.5. The average molecular weight is 266 g/mol. The number of unbranched alkanes of at least 4 members (excludes halogenated alkanes) is 2. The molecular formula is C14H26N4O. The van der Waals surface area contributed by atoms with Crippen molar-refractivity contribution in [3.05, 3.63) is 11.6 Å². The van der Waals surface area contributed by atoms with Crippen LogP contribution in [0.25, 0.3) is 0 Å². The van der Waals surface area contributed by atoms with Crippen molar-refractivity contribution in [1.29, 1.82) is 0 Å². The first-order valence-corrected chi connectivity index (χ1v) is 7.18. The van der Waals surface area contributed by atoms with Gasteiger partial charge in [-0.2, -0.15) is 0 Å². The molecule has 1 heterocycles. The second kappa shape index (κ2) is 7.26. The molecule has 0 radical (unpaired) electrons. The Balaban J connectivity index is 2.40. The molecule has 1 rings (SSSR count). The lowest BCUT2D eigenvalue weighted by Gasteiger charge is -2.24. The van der Waals surface area contributed by atoms with Gasteiger partial charge < -0.3 is 5.32 Å². The molecule has 1 aromatic heterocycles. The lowest BCUT2D eigenvalue weighted by molar-refractivity contribution is 0.0924. The largest absolute Gasteiger partial charge is 0.349 e. The maximum absolute atomic E-state index is 11.9. The van der Waals surface area contributed by atoms with Gasteiger partial charge in [-0.05, 0) is 11.8 Å². The van der Waals surface area contributed by atoms with Crippen LogP contribution in [-0.4, -0.2) is 27.6 Å². The van der Waals surface area contributed by atoms with Crippen molar-refractivity contribution < 1.29 is 4.79 Å². The first kappa shape index (κ1) is 15.7. The molecule has 0 saturated heterocycles. The van der Waals surface area contributed by atoms with Crippen molar-refractivity contribution in [2.45, 2.75) is 59.8 Å². The number of rotatable bonds is 8. The van der Waals surface area contributed by atoms with Crippen LogP contribution in [0, 0.1) is 5.41 Å². The number of hydrogen-bond donors (Lipinski definition) is 2. The number of nitrogens with one attached hydrogen (secondary N) is 2. The SMILES string of the molecule is CCCCCC(C)(C)CNC(=O)c1n[nH]c(CC)n1. The minimum atomic E-state index is -0.195. The van der Waals surface area contributed by atoms with E-state index in [1.54, 1.807) is 0 Å². The molecule has 0 atom stereocenters. The van der Waals surface area contributed by atoms with Crippen LogP contribution in [0.15, 0.2) is 0 Å². The molecule has 0 saturated carbocycles. The van der Waals surface area contributed by atoms with Crippen molar-refractivity contribution in [3.63, 3.8) is 0 Å². The van der Waals surface area contributed by atoms with E-state index in [0.29, 0.717) is 6.54 Å². The Hall–Kier alpha value is -1.39. The summed E-state index contributed by atoms with van der Waals surface area (Å²) >= 11 is 0. The molecule has 0 spiro atoms. The van der Waals surface area contributed by atoms with Gasteiger partial charge in [0, 0.05) is 13.0 Å². The third kappa shape index (κ3) is 5.41. The minimum absolute atomic E-state index is 0.120. The van der Waals surface area contributed by atoms with Gasteiger partial charge in [-0.25, -0.2) is 4.98 Å². The molecule has 0 bridgehead atoms. The Morgan fingerprint density at radius 1 is 1.32 bits per heavy atom. The Bertz CT molecular complexity index is 398. The van der Waals surface area contributed by atoms with E-state index in [2.05, 4.69) is 41.3 Å². The lowest BCUT2D eigenvalue weighted by Crippen LogP contribution is -2.34. The van der Waals surface area contributed by atoms with Gasteiger partial charge in [0.05, 0.1) is 0 Å².